The first-order valence-electron chi connectivity index (χ1n) is 6.76. The zero-order valence-corrected chi connectivity index (χ0v) is 13.1. The van der Waals surface area contributed by atoms with E-state index in [2.05, 4.69) is 11.7 Å². The number of Topliss-reactive ketones (excluding diaryl/α,β-unsaturated/α-hetero) is 1. The maximum absolute atomic E-state index is 11.7. The second kappa shape index (κ2) is 11.5. The van der Waals surface area contributed by atoms with Gasteiger partial charge in [-0.15, -0.1) is 11.8 Å². The Bertz CT molecular complexity index is 363. The molecule has 6 heteroatoms. The van der Waals surface area contributed by atoms with Gasteiger partial charge in [0.25, 0.3) is 0 Å². The van der Waals surface area contributed by atoms with E-state index in [1.165, 1.54) is 17.8 Å². The highest BCUT2D eigenvalue weighted by Crippen LogP contribution is 2.20. The maximum Gasteiger partial charge on any atom is 0.374 e. The number of hydrogen-bond donors (Lipinski definition) is 0. The molecular weight excluding hydrogens is 280 g/mol. The molecule has 0 N–H and O–H groups in total. The first-order chi connectivity index (χ1) is 9.56. The van der Waals surface area contributed by atoms with E-state index in [1.807, 2.05) is 0 Å². The van der Waals surface area contributed by atoms with Crippen LogP contribution in [0.25, 0.3) is 0 Å². The van der Waals surface area contributed by atoms with Crippen molar-refractivity contribution in [2.24, 2.45) is 0 Å². The SMILES string of the molecule is CCCCSC(=CCC(=O)C(=O)OCC)C(=O)OCC. The fraction of sp³-hybridized carbons (Fsp3) is 0.643. The number of carbonyl (C=O) groups excluding carboxylic acids is 3. The number of thioether (sulfide) groups is 1. The van der Waals surface area contributed by atoms with Crippen LogP contribution in [0.15, 0.2) is 11.0 Å². The first kappa shape index (κ1) is 18.7. The summed E-state index contributed by atoms with van der Waals surface area (Å²) in [6.07, 6.45) is 3.28. The quantitative estimate of drug-likeness (QED) is 0.267. The van der Waals surface area contributed by atoms with Crippen molar-refractivity contribution in [1.29, 1.82) is 0 Å². The molecule has 0 aliphatic rings. The molecule has 0 atom stereocenters. The van der Waals surface area contributed by atoms with Crippen molar-refractivity contribution >= 4 is 29.5 Å². The summed E-state index contributed by atoms with van der Waals surface area (Å²) in [4.78, 5) is 34.7. The normalized spacial score (nSPS) is 11.1. The molecule has 0 rings (SSSR count). The van der Waals surface area contributed by atoms with Gasteiger partial charge in [-0.3, -0.25) is 4.79 Å². The van der Waals surface area contributed by atoms with Gasteiger partial charge in [-0.1, -0.05) is 19.4 Å². The fourth-order valence-electron chi connectivity index (χ4n) is 1.21. The minimum atomic E-state index is -0.870. The lowest BCUT2D eigenvalue weighted by molar-refractivity contribution is -0.153. The third kappa shape index (κ3) is 7.99. The van der Waals surface area contributed by atoms with Crippen molar-refractivity contribution in [1.82, 2.24) is 0 Å². The van der Waals surface area contributed by atoms with Crippen LogP contribution in [0.5, 0.6) is 0 Å². The van der Waals surface area contributed by atoms with Gasteiger partial charge in [-0.25, -0.2) is 9.59 Å². The van der Waals surface area contributed by atoms with Gasteiger partial charge in [0, 0.05) is 6.42 Å². The predicted molar refractivity (Wildman–Crippen MR) is 78.3 cm³/mol. The van der Waals surface area contributed by atoms with Gasteiger partial charge >= 0.3 is 11.9 Å². The van der Waals surface area contributed by atoms with Crippen LogP contribution < -0.4 is 0 Å². The Morgan fingerprint density at radius 1 is 1.00 bits per heavy atom. The lowest BCUT2D eigenvalue weighted by Crippen LogP contribution is -2.16. The molecule has 0 aromatic carbocycles. The smallest absolute Gasteiger partial charge is 0.374 e. The third-order valence-corrected chi connectivity index (χ3v) is 3.35. The molecule has 0 fully saturated rings. The van der Waals surface area contributed by atoms with Gasteiger partial charge in [-0.05, 0) is 26.0 Å². The zero-order chi connectivity index (χ0) is 15.4. The highest BCUT2D eigenvalue weighted by atomic mass is 32.2. The molecule has 0 radical (unpaired) electrons. The van der Waals surface area contributed by atoms with Gasteiger partial charge in [0.15, 0.2) is 0 Å². The largest absolute Gasteiger partial charge is 0.462 e. The Kier molecular flexibility index (Phi) is 10.8. The molecule has 0 aliphatic carbocycles. The Hall–Kier alpha value is -1.30. The number of hydrogen-bond acceptors (Lipinski definition) is 6. The summed E-state index contributed by atoms with van der Waals surface area (Å²) in [5.41, 5.74) is 0. The van der Waals surface area contributed by atoms with Crippen molar-refractivity contribution in [3.8, 4) is 0 Å². The van der Waals surface area contributed by atoms with Crippen LogP contribution in [0.2, 0.25) is 0 Å². The molecule has 0 amide bonds. The zero-order valence-electron chi connectivity index (χ0n) is 12.3. The van der Waals surface area contributed by atoms with Crippen LogP contribution in [-0.2, 0) is 23.9 Å². The molecular formula is C14H22O5S. The minimum Gasteiger partial charge on any atom is -0.462 e. The molecule has 0 aromatic rings. The van der Waals surface area contributed by atoms with E-state index in [0.29, 0.717) is 4.91 Å². The number of unbranched alkanes of at least 4 members (excludes halogenated alkanes) is 1. The van der Waals surface area contributed by atoms with Gasteiger partial charge in [0.2, 0.25) is 5.78 Å². The number of carbonyl (C=O) groups is 3. The van der Waals surface area contributed by atoms with Gasteiger partial charge < -0.3 is 9.47 Å². The summed E-state index contributed by atoms with van der Waals surface area (Å²) in [5, 5.41) is 0. The van der Waals surface area contributed by atoms with E-state index >= 15 is 0 Å². The van der Waals surface area contributed by atoms with Crippen molar-refractivity contribution in [2.75, 3.05) is 19.0 Å². The molecule has 0 saturated heterocycles. The summed E-state index contributed by atoms with van der Waals surface area (Å²) in [7, 11) is 0. The highest BCUT2D eigenvalue weighted by molar-refractivity contribution is 8.03. The van der Waals surface area contributed by atoms with E-state index in [4.69, 9.17) is 4.74 Å². The highest BCUT2D eigenvalue weighted by Gasteiger charge is 2.16. The van der Waals surface area contributed by atoms with E-state index in [9.17, 15) is 14.4 Å². The van der Waals surface area contributed by atoms with E-state index in [1.54, 1.807) is 13.8 Å². The van der Waals surface area contributed by atoms with Crippen LogP contribution in [0.1, 0.15) is 40.0 Å². The van der Waals surface area contributed by atoms with Crippen molar-refractivity contribution < 1.29 is 23.9 Å². The summed E-state index contributed by atoms with van der Waals surface area (Å²) >= 11 is 1.34. The van der Waals surface area contributed by atoms with Gasteiger partial charge in [0.1, 0.15) is 0 Å². The van der Waals surface area contributed by atoms with Crippen molar-refractivity contribution in [3.63, 3.8) is 0 Å². The van der Waals surface area contributed by atoms with Crippen molar-refractivity contribution in [3.05, 3.63) is 11.0 Å². The van der Waals surface area contributed by atoms with Crippen LogP contribution in [0.4, 0.5) is 0 Å². The molecule has 0 aromatic heterocycles. The molecule has 0 unspecified atom stereocenters. The van der Waals surface area contributed by atoms with Crippen LogP contribution >= 0.6 is 11.8 Å². The standard InChI is InChI=1S/C14H22O5S/c1-4-7-10-20-12(14(17)19-6-3)9-8-11(15)13(16)18-5-2/h9H,4-8,10H2,1-3H3. The Morgan fingerprint density at radius 2 is 1.60 bits per heavy atom. The van der Waals surface area contributed by atoms with Gasteiger partial charge in [-0.2, -0.15) is 0 Å². The summed E-state index contributed by atoms with van der Waals surface area (Å²) in [5.74, 6) is -1.21. The average molecular weight is 302 g/mol. The third-order valence-electron chi connectivity index (χ3n) is 2.21. The number of ether oxygens (including phenoxy) is 2. The Labute approximate surface area is 124 Å². The summed E-state index contributed by atoms with van der Waals surface area (Å²) in [6, 6.07) is 0. The van der Waals surface area contributed by atoms with Crippen molar-refractivity contribution in [2.45, 2.75) is 40.0 Å². The fourth-order valence-corrected chi connectivity index (χ4v) is 2.24. The number of allylic oxidation sites excluding steroid dienone is 1. The Balaban J connectivity index is 4.58. The second-order valence-electron chi connectivity index (χ2n) is 3.84. The molecule has 0 saturated carbocycles. The molecule has 0 bridgehead atoms. The minimum absolute atomic E-state index is 0.147. The monoisotopic (exact) mass is 302 g/mol. The molecule has 0 heterocycles. The average Bonchev–Trinajstić information content (AvgIpc) is 2.42. The Morgan fingerprint density at radius 3 is 2.15 bits per heavy atom. The van der Waals surface area contributed by atoms with Crippen LogP contribution in [0, 0.1) is 0 Å². The molecule has 20 heavy (non-hydrogen) atoms. The summed E-state index contributed by atoms with van der Waals surface area (Å²) in [6.45, 7) is 5.83. The summed E-state index contributed by atoms with van der Waals surface area (Å²) < 4.78 is 9.52. The first-order valence-corrected chi connectivity index (χ1v) is 7.75. The topological polar surface area (TPSA) is 69.7 Å². The number of ketones is 1. The predicted octanol–water partition coefficient (Wildman–Crippen LogP) is 2.49. The maximum atomic E-state index is 11.7. The lowest BCUT2D eigenvalue weighted by atomic mass is 10.2. The lowest BCUT2D eigenvalue weighted by Gasteiger charge is -2.06. The van der Waals surface area contributed by atoms with Gasteiger partial charge in [0.05, 0.1) is 18.1 Å². The number of esters is 2. The number of rotatable bonds is 10. The molecule has 0 aliphatic heterocycles. The molecule has 5 nitrogen and oxygen atoms in total. The second-order valence-corrected chi connectivity index (χ2v) is 4.98. The van der Waals surface area contributed by atoms with Crippen LogP contribution in [0.3, 0.4) is 0 Å². The van der Waals surface area contributed by atoms with E-state index in [-0.39, 0.29) is 19.6 Å². The van der Waals surface area contributed by atoms with E-state index < -0.39 is 17.7 Å². The molecule has 114 valence electrons. The van der Waals surface area contributed by atoms with Crippen LogP contribution in [-0.4, -0.2) is 36.7 Å². The van der Waals surface area contributed by atoms with E-state index in [0.717, 1.165) is 18.6 Å². The molecule has 0 spiro atoms.